The molecule has 1 aromatic carbocycles. The molecule has 0 radical (unpaired) electrons. The van der Waals surface area contributed by atoms with Crippen molar-refractivity contribution in [2.75, 3.05) is 38.6 Å². The number of nitrogens with one attached hydrogen (secondary N) is 1. The van der Waals surface area contributed by atoms with E-state index in [0.717, 1.165) is 35.6 Å². The molecule has 3 amide bonds. The van der Waals surface area contributed by atoms with Crippen molar-refractivity contribution in [1.82, 2.24) is 9.80 Å². The standard InChI is InChI=1S/C19H18F3N3O4S/c1-29-17(27)15-14(6-11-30-15)23-18(28)25-9-7-24(8-10-25)16(26)12-2-4-13(5-3-12)19(20,21)22/h2-6,11H,7-10H2,1H3,(H,23,28). The zero-order chi connectivity index (χ0) is 21.9. The number of anilines is 1. The van der Waals surface area contributed by atoms with Crippen molar-refractivity contribution in [3.05, 3.63) is 51.7 Å². The van der Waals surface area contributed by atoms with Crippen molar-refractivity contribution in [1.29, 1.82) is 0 Å². The van der Waals surface area contributed by atoms with Crippen LogP contribution in [0.1, 0.15) is 25.6 Å². The Kier molecular flexibility index (Phi) is 6.30. The van der Waals surface area contributed by atoms with Crippen LogP contribution in [0, 0.1) is 0 Å². The fourth-order valence-corrected chi connectivity index (χ4v) is 3.72. The summed E-state index contributed by atoms with van der Waals surface area (Å²) in [6.45, 7) is 0.966. The molecule has 1 aliphatic heterocycles. The van der Waals surface area contributed by atoms with E-state index in [1.165, 1.54) is 16.9 Å². The van der Waals surface area contributed by atoms with E-state index >= 15 is 0 Å². The number of piperazine rings is 1. The van der Waals surface area contributed by atoms with Gasteiger partial charge in [-0.1, -0.05) is 0 Å². The van der Waals surface area contributed by atoms with E-state index in [1.54, 1.807) is 11.4 Å². The predicted molar refractivity (Wildman–Crippen MR) is 104 cm³/mol. The molecule has 0 atom stereocenters. The number of nitrogens with zero attached hydrogens (tertiary/aromatic N) is 2. The van der Waals surface area contributed by atoms with Crippen molar-refractivity contribution in [2.24, 2.45) is 0 Å². The summed E-state index contributed by atoms with van der Waals surface area (Å²) in [7, 11) is 1.25. The first-order valence-electron chi connectivity index (χ1n) is 8.89. The first-order chi connectivity index (χ1) is 14.2. The second-order valence-electron chi connectivity index (χ2n) is 6.44. The average Bonchev–Trinajstić information content (AvgIpc) is 3.20. The maximum absolute atomic E-state index is 12.7. The SMILES string of the molecule is COC(=O)c1sccc1NC(=O)N1CCN(C(=O)c2ccc(C(F)(F)F)cc2)CC1. The van der Waals surface area contributed by atoms with Gasteiger partial charge in [-0.2, -0.15) is 13.2 Å². The fraction of sp³-hybridized carbons (Fsp3) is 0.316. The Balaban J connectivity index is 1.57. The number of thiophene rings is 1. The Bertz CT molecular complexity index is 935. The quantitative estimate of drug-likeness (QED) is 0.739. The molecule has 1 aliphatic rings. The van der Waals surface area contributed by atoms with Crippen LogP contribution in [0.25, 0.3) is 0 Å². The van der Waals surface area contributed by atoms with E-state index in [0.29, 0.717) is 5.69 Å². The minimum Gasteiger partial charge on any atom is -0.465 e. The number of esters is 1. The summed E-state index contributed by atoms with van der Waals surface area (Å²) in [4.78, 5) is 39.9. The number of ether oxygens (including phenoxy) is 1. The van der Waals surface area contributed by atoms with Crippen molar-refractivity contribution in [2.45, 2.75) is 6.18 Å². The topological polar surface area (TPSA) is 79.0 Å². The van der Waals surface area contributed by atoms with Crippen molar-refractivity contribution < 1.29 is 32.3 Å². The van der Waals surface area contributed by atoms with Gasteiger partial charge in [-0.15, -0.1) is 11.3 Å². The summed E-state index contributed by atoms with van der Waals surface area (Å²) in [6.07, 6.45) is -4.46. The molecule has 160 valence electrons. The van der Waals surface area contributed by atoms with Gasteiger partial charge in [0.25, 0.3) is 5.91 Å². The Labute approximate surface area is 174 Å². The highest BCUT2D eigenvalue weighted by Crippen LogP contribution is 2.29. The van der Waals surface area contributed by atoms with Gasteiger partial charge in [-0.25, -0.2) is 9.59 Å². The number of carbonyl (C=O) groups is 3. The number of benzene rings is 1. The molecule has 2 aromatic rings. The van der Waals surface area contributed by atoms with E-state index < -0.39 is 29.6 Å². The third-order valence-electron chi connectivity index (χ3n) is 4.59. The molecule has 11 heteroatoms. The molecule has 0 aliphatic carbocycles. The lowest BCUT2D eigenvalue weighted by atomic mass is 10.1. The lowest BCUT2D eigenvalue weighted by molar-refractivity contribution is -0.137. The van der Waals surface area contributed by atoms with Crippen LogP contribution in [0.15, 0.2) is 35.7 Å². The molecule has 0 spiro atoms. The molecular weight excluding hydrogens is 423 g/mol. The van der Waals surface area contributed by atoms with Crippen molar-refractivity contribution in [3.8, 4) is 0 Å². The van der Waals surface area contributed by atoms with E-state index in [-0.39, 0.29) is 36.6 Å². The first kappa shape index (κ1) is 21.6. The van der Waals surface area contributed by atoms with Gasteiger partial charge in [0.1, 0.15) is 4.88 Å². The Morgan fingerprint density at radius 2 is 1.60 bits per heavy atom. The molecule has 3 rings (SSSR count). The van der Waals surface area contributed by atoms with Gasteiger partial charge in [-0.3, -0.25) is 4.79 Å². The van der Waals surface area contributed by atoms with Crippen LogP contribution >= 0.6 is 11.3 Å². The van der Waals surface area contributed by atoms with Gasteiger partial charge < -0.3 is 19.9 Å². The summed E-state index contributed by atoms with van der Waals surface area (Å²) in [6, 6.07) is 5.22. The maximum Gasteiger partial charge on any atom is 0.416 e. The van der Waals surface area contributed by atoms with E-state index in [9.17, 15) is 27.6 Å². The summed E-state index contributed by atoms with van der Waals surface area (Å²) in [5, 5.41) is 4.31. The van der Waals surface area contributed by atoms with E-state index in [2.05, 4.69) is 10.1 Å². The number of urea groups is 1. The zero-order valence-electron chi connectivity index (χ0n) is 15.9. The summed E-state index contributed by atoms with van der Waals surface area (Å²) in [5.41, 5.74) is -0.317. The van der Waals surface area contributed by atoms with Crippen LogP contribution in [0.3, 0.4) is 0 Å². The second kappa shape index (κ2) is 8.74. The molecule has 1 fully saturated rings. The Morgan fingerprint density at radius 1 is 1.00 bits per heavy atom. The molecule has 1 aromatic heterocycles. The molecule has 0 unspecified atom stereocenters. The van der Waals surface area contributed by atoms with Crippen LogP contribution in [0.4, 0.5) is 23.7 Å². The molecule has 0 saturated carbocycles. The number of hydrogen-bond donors (Lipinski definition) is 1. The highest BCUT2D eigenvalue weighted by molar-refractivity contribution is 7.12. The fourth-order valence-electron chi connectivity index (χ4n) is 2.95. The molecule has 30 heavy (non-hydrogen) atoms. The first-order valence-corrected chi connectivity index (χ1v) is 9.77. The van der Waals surface area contributed by atoms with Gasteiger partial charge >= 0.3 is 18.2 Å². The third-order valence-corrected chi connectivity index (χ3v) is 5.49. The summed E-state index contributed by atoms with van der Waals surface area (Å²) in [5.74, 6) is -0.943. The number of rotatable bonds is 3. The Hall–Kier alpha value is -3.08. The predicted octanol–water partition coefficient (Wildman–Crippen LogP) is 3.54. The minimum absolute atomic E-state index is 0.155. The van der Waals surface area contributed by atoms with Crippen LogP contribution in [0.5, 0.6) is 0 Å². The molecule has 1 N–H and O–H groups in total. The molecule has 7 nitrogen and oxygen atoms in total. The maximum atomic E-state index is 12.7. The lowest BCUT2D eigenvalue weighted by Gasteiger charge is -2.34. The molecule has 1 saturated heterocycles. The Morgan fingerprint density at radius 3 is 2.17 bits per heavy atom. The van der Waals surface area contributed by atoms with Gasteiger partial charge in [0, 0.05) is 31.7 Å². The minimum atomic E-state index is -4.46. The number of amides is 3. The molecule has 2 heterocycles. The second-order valence-corrected chi connectivity index (χ2v) is 7.36. The highest BCUT2D eigenvalue weighted by Gasteiger charge is 2.31. The number of alkyl halides is 3. The largest absolute Gasteiger partial charge is 0.465 e. The zero-order valence-corrected chi connectivity index (χ0v) is 16.7. The lowest BCUT2D eigenvalue weighted by Crippen LogP contribution is -2.51. The molecular formula is C19H18F3N3O4S. The van der Waals surface area contributed by atoms with E-state index in [4.69, 9.17) is 0 Å². The average molecular weight is 441 g/mol. The number of halogens is 3. The number of hydrogen-bond acceptors (Lipinski definition) is 5. The highest BCUT2D eigenvalue weighted by atomic mass is 32.1. The van der Waals surface area contributed by atoms with Gasteiger partial charge in [0.15, 0.2) is 0 Å². The third kappa shape index (κ3) is 4.73. The summed E-state index contributed by atoms with van der Waals surface area (Å²) < 4.78 is 42.6. The van der Waals surface area contributed by atoms with Gasteiger partial charge in [0.05, 0.1) is 18.4 Å². The monoisotopic (exact) mass is 441 g/mol. The van der Waals surface area contributed by atoms with Gasteiger partial charge in [-0.05, 0) is 35.7 Å². The van der Waals surface area contributed by atoms with Crippen LogP contribution < -0.4 is 5.32 Å². The van der Waals surface area contributed by atoms with Crippen molar-refractivity contribution >= 4 is 34.9 Å². The van der Waals surface area contributed by atoms with E-state index in [1.807, 2.05) is 0 Å². The number of carbonyl (C=O) groups excluding carboxylic acids is 3. The van der Waals surface area contributed by atoms with Crippen LogP contribution in [0.2, 0.25) is 0 Å². The van der Waals surface area contributed by atoms with Crippen LogP contribution in [-0.4, -0.2) is 61.0 Å². The van der Waals surface area contributed by atoms with Gasteiger partial charge in [0.2, 0.25) is 0 Å². The molecule has 0 bridgehead atoms. The van der Waals surface area contributed by atoms with Crippen LogP contribution in [-0.2, 0) is 10.9 Å². The smallest absolute Gasteiger partial charge is 0.416 e. The van der Waals surface area contributed by atoms with Crippen molar-refractivity contribution in [3.63, 3.8) is 0 Å². The summed E-state index contributed by atoms with van der Waals surface area (Å²) >= 11 is 1.14. The normalized spacial score (nSPS) is 14.4. The number of methoxy groups -OCH3 is 1.